The van der Waals surface area contributed by atoms with Gasteiger partial charge in [0.2, 0.25) is 11.1 Å². The minimum Gasteiger partial charge on any atom is -0.493 e. The number of halogens is 3. The van der Waals surface area contributed by atoms with E-state index in [-0.39, 0.29) is 17.3 Å². The summed E-state index contributed by atoms with van der Waals surface area (Å²) >= 11 is 0.995. The molecule has 0 aliphatic rings. The number of para-hydroxylation sites is 1. The molecule has 3 aromatic carbocycles. The topological polar surface area (TPSA) is 105 Å². The number of aromatic nitrogens is 3. The highest BCUT2D eigenvalue weighted by molar-refractivity contribution is 8.00. The smallest absolute Gasteiger partial charge is 0.418 e. The van der Waals surface area contributed by atoms with Crippen molar-refractivity contribution < 1.29 is 36.9 Å². The van der Waals surface area contributed by atoms with Crippen LogP contribution in [0.1, 0.15) is 18.9 Å². The first-order chi connectivity index (χ1) is 20.6. The zero-order valence-electron chi connectivity index (χ0n) is 24.0. The standard InChI is InChI=1S/C30H29F3N4O5S/c1-6-25(28(38)34-20-10-8-7-9-19(20)30(31,32)33)43-29-35-26(17-11-13-21(39-2)23(15-17)41-4)27(36-37-29)18-12-14-22(40-3)24(16-18)42-5/h7-16,25H,6H2,1-5H3,(H,34,38). The van der Waals surface area contributed by atoms with Crippen LogP contribution in [0.4, 0.5) is 18.9 Å². The molecule has 0 saturated carbocycles. The van der Waals surface area contributed by atoms with Crippen LogP contribution in [0.15, 0.2) is 65.8 Å². The summed E-state index contributed by atoms with van der Waals surface area (Å²) in [4.78, 5) is 17.9. The molecule has 0 radical (unpaired) electrons. The number of rotatable bonds is 11. The SMILES string of the molecule is CCC(Sc1nnc(-c2ccc(OC)c(OC)c2)c(-c2ccc(OC)c(OC)c2)n1)C(=O)Nc1ccccc1C(F)(F)F. The summed E-state index contributed by atoms with van der Waals surface area (Å²) in [5.74, 6) is 1.35. The monoisotopic (exact) mass is 614 g/mol. The summed E-state index contributed by atoms with van der Waals surface area (Å²) in [7, 11) is 6.08. The van der Waals surface area contributed by atoms with E-state index >= 15 is 0 Å². The van der Waals surface area contributed by atoms with Crippen LogP contribution < -0.4 is 24.3 Å². The third-order valence-electron chi connectivity index (χ3n) is 6.38. The Bertz CT molecular complexity index is 1600. The maximum Gasteiger partial charge on any atom is 0.418 e. The van der Waals surface area contributed by atoms with Crippen LogP contribution in [0, 0.1) is 0 Å². The quantitative estimate of drug-likeness (QED) is 0.183. The first kappa shape index (κ1) is 31.4. The van der Waals surface area contributed by atoms with Crippen molar-refractivity contribution in [2.24, 2.45) is 0 Å². The van der Waals surface area contributed by atoms with Gasteiger partial charge in [-0.3, -0.25) is 4.79 Å². The third kappa shape index (κ3) is 7.11. The number of nitrogens with one attached hydrogen (secondary N) is 1. The molecule has 0 bridgehead atoms. The number of benzene rings is 3. The van der Waals surface area contributed by atoms with Gasteiger partial charge in [0.1, 0.15) is 11.4 Å². The Morgan fingerprint density at radius 1 is 0.814 bits per heavy atom. The summed E-state index contributed by atoms with van der Waals surface area (Å²) in [6, 6.07) is 15.3. The van der Waals surface area contributed by atoms with Gasteiger partial charge in [-0.15, -0.1) is 10.2 Å². The average Bonchev–Trinajstić information content (AvgIpc) is 3.02. The molecule has 1 unspecified atom stereocenters. The van der Waals surface area contributed by atoms with Crippen molar-refractivity contribution in [3.05, 3.63) is 66.2 Å². The lowest BCUT2D eigenvalue weighted by Crippen LogP contribution is -2.26. The molecule has 0 saturated heterocycles. The average molecular weight is 615 g/mol. The van der Waals surface area contributed by atoms with Crippen molar-refractivity contribution in [1.82, 2.24) is 15.2 Å². The van der Waals surface area contributed by atoms with E-state index in [9.17, 15) is 18.0 Å². The second kappa shape index (κ2) is 13.6. The predicted octanol–water partition coefficient (Wildman–Crippen LogP) is 6.77. The van der Waals surface area contributed by atoms with Crippen LogP contribution in [0.25, 0.3) is 22.5 Å². The van der Waals surface area contributed by atoms with Gasteiger partial charge < -0.3 is 24.3 Å². The van der Waals surface area contributed by atoms with E-state index in [1.54, 1.807) is 43.3 Å². The van der Waals surface area contributed by atoms with Crippen molar-refractivity contribution >= 4 is 23.4 Å². The number of hydrogen-bond acceptors (Lipinski definition) is 9. The van der Waals surface area contributed by atoms with Gasteiger partial charge in [0.25, 0.3) is 0 Å². The van der Waals surface area contributed by atoms with E-state index in [1.165, 1.54) is 46.6 Å². The largest absolute Gasteiger partial charge is 0.493 e. The molecule has 0 spiro atoms. The molecule has 1 atom stereocenters. The van der Waals surface area contributed by atoms with E-state index in [4.69, 9.17) is 23.9 Å². The van der Waals surface area contributed by atoms with Crippen LogP contribution in [-0.4, -0.2) is 54.8 Å². The highest BCUT2D eigenvalue weighted by atomic mass is 32.2. The molecule has 9 nitrogen and oxygen atoms in total. The van der Waals surface area contributed by atoms with Gasteiger partial charge in [0, 0.05) is 11.1 Å². The molecule has 1 N–H and O–H groups in total. The van der Waals surface area contributed by atoms with Gasteiger partial charge in [-0.2, -0.15) is 13.2 Å². The molecule has 4 aromatic rings. The van der Waals surface area contributed by atoms with Crippen molar-refractivity contribution in [3.63, 3.8) is 0 Å². The molecule has 0 aliphatic carbocycles. The highest BCUT2D eigenvalue weighted by Gasteiger charge is 2.34. The molecule has 0 aliphatic heterocycles. The lowest BCUT2D eigenvalue weighted by atomic mass is 10.0. The number of methoxy groups -OCH3 is 4. The Morgan fingerprint density at radius 3 is 1.91 bits per heavy atom. The van der Waals surface area contributed by atoms with E-state index < -0.39 is 22.9 Å². The number of carbonyl (C=O) groups is 1. The minimum atomic E-state index is -4.62. The van der Waals surface area contributed by atoms with Gasteiger partial charge in [-0.25, -0.2) is 4.98 Å². The molecule has 4 rings (SSSR count). The van der Waals surface area contributed by atoms with Crippen LogP contribution >= 0.6 is 11.8 Å². The number of carbonyl (C=O) groups excluding carboxylic acids is 1. The summed E-state index contributed by atoms with van der Waals surface area (Å²) < 4.78 is 62.1. The maximum absolute atomic E-state index is 13.5. The minimum absolute atomic E-state index is 0.153. The number of amides is 1. The zero-order valence-corrected chi connectivity index (χ0v) is 24.8. The molecule has 226 valence electrons. The van der Waals surface area contributed by atoms with Crippen molar-refractivity contribution in [2.45, 2.75) is 29.9 Å². The lowest BCUT2D eigenvalue weighted by Gasteiger charge is -2.18. The number of alkyl halides is 3. The number of hydrogen-bond donors (Lipinski definition) is 1. The molecule has 1 heterocycles. The second-order valence-corrected chi connectivity index (χ2v) is 10.1. The molecular formula is C30H29F3N4O5S. The lowest BCUT2D eigenvalue weighted by molar-refractivity contribution is -0.137. The summed E-state index contributed by atoms with van der Waals surface area (Å²) in [5, 5.41) is 10.5. The van der Waals surface area contributed by atoms with E-state index in [0.29, 0.717) is 45.5 Å². The molecular weight excluding hydrogens is 585 g/mol. The van der Waals surface area contributed by atoms with E-state index in [0.717, 1.165) is 17.8 Å². The summed E-state index contributed by atoms with van der Waals surface area (Å²) in [6.07, 6.45) is -4.34. The second-order valence-electron chi connectivity index (χ2n) is 8.98. The van der Waals surface area contributed by atoms with Gasteiger partial charge in [0.05, 0.1) is 44.9 Å². The Labute approximate surface area is 250 Å². The van der Waals surface area contributed by atoms with E-state index in [1.807, 2.05) is 0 Å². The Balaban J connectivity index is 1.74. The van der Waals surface area contributed by atoms with Gasteiger partial charge in [-0.05, 0) is 55.0 Å². The van der Waals surface area contributed by atoms with Crippen LogP contribution in [0.2, 0.25) is 0 Å². The fraction of sp³-hybridized carbons (Fsp3) is 0.267. The molecule has 1 aromatic heterocycles. The summed E-state index contributed by atoms with van der Waals surface area (Å²) in [6.45, 7) is 1.74. The number of thioether (sulfide) groups is 1. The molecule has 1 amide bonds. The molecule has 43 heavy (non-hydrogen) atoms. The highest BCUT2D eigenvalue weighted by Crippen LogP contribution is 2.39. The first-order valence-corrected chi connectivity index (χ1v) is 13.8. The number of nitrogens with zero attached hydrogens (tertiary/aromatic N) is 3. The van der Waals surface area contributed by atoms with Gasteiger partial charge in [-0.1, -0.05) is 30.8 Å². The van der Waals surface area contributed by atoms with Crippen LogP contribution in [-0.2, 0) is 11.0 Å². The fourth-order valence-corrected chi connectivity index (χ4v) is 5.04. The number of ether oxygens (including phenoxy) is 4. The predicted molar refractivity (Wildman–Crippen MR) is 157 cm³/mol. The normalized spacial score (nSPS) is 11.9. The van der Waals surface area contributed by atoms with Crippen LogP contribution in [0.5, 0.6) is 23.0 Å². The van der Waals surface area contributed by atoms with Crippen molar-refractivity contribution in [1.29, 1.82) is 0 Å². The Morgan fingerprint density at radius 2 is 1.37 bits per heavy atom. The van der Waals surface area contributed by atoms with Crippen molar-refractivity contribution in [2.75, 3.05) is 33.8 Å². The number of anilines is 1. The fourth-order valence-electron chi connectivity index (χ4n) is 4.23. The Kier molecular flexibility index (Phi) is 9.96. The third-order valence-corrected chi connectivity index (χ3v) is 7.60. The van der Waals surface area contributed by atoms with E-state index in [2.05, 4.69) is 15.5 Å². The van der Waals surface area contributed by atoms with Crippen molar-refractivity contribution in [3.8, 4) is 45.5 Å². The molecule has 13 heteroatoms. The molecule has 0 fully saturated rings. The van der Waals surface area contributed by atoms with Crippen LogP contribution in [0.3, 0.4) is 0 Å². The maximum atomic E-state index is 13.5. The van der Waals surface area contributed by atoms with Gasteiger partial charge in [0.15, 0.2) is 23.0 Å². The summed E-state index contributed by atoms with van der Waals surface area (Å²) in [5.41, 5.74) is 0.824. The Hall–Kier alpha value is -4.52. The zero-order chi connectivity index (χ0) is 31.1. The van der Waals surface area contributed by atoms with Gasteiger partial charge >= 0.3 is 6.18 Å². The first-order valence-electron chi connectivity index (χ1n) is 13.0.